The summed E-state index contributed by atoms with van der Waals surface area (Å²) in [6, 6.07) is 11.0. The van der Waals surface area contributed by atoms with Gasteiger partial charge in [-0.1, -0.05) is 0 Å². The second-order valence-corrected chi connectivity index (χ2v) is 6.05. The Morgan fingerprint density at radius 1 is 1.00 bits per heavy atom. The van der Waals surface area contributed by atoms with E-state index in [9.17, 15) is 18.4 Å². The predicted octanol–water partition coefficient (Wildman–Crippen LogP) is 3.65. The van der Waals surface area contributed by atoms with Crippen LogP contribution >= 0.6 is 11.8 Å². The quantitative estimate of drug-likeness (QED) is 0.555. The van der Waals surface area contributed by atoms with Crippen LogP contribution in [-0.2, 0) is 14.3 Å². The molecule has 2 rings (SSSR count). The van der Waals surface area contributed by atoms with Crippen molar-refractivity contribution < 1.29 is 23.1 Å². The zero-order valence-corrected chi connectivity index (χ0v) is 14.4. The molecule has 0 spiro atoms. The van der Waals surface area contributed by atoms with Gasteiger partial charge in [-0.05, 0) is 55.5 Å². The molecule has 0 aromatic heterocycles. The van der Waals surface area contributed by atoms with E-state index < -0.39 is 11.8 Å². The van der Waals surface area contributed by atoms with Crippen molar-refractivity contribution in [2.24, 2.45) is 0 Å². The minimum Gasteiger partial charge on any atom is -0.465 e. The molecule has 0 saturated heterocycles. The summed E-state index contributed by atoms with van der Waals surface area (Å²) >= 11 is 1.22. The van der Waals surface area contributed by atoms with Gasteiger partial charge in [-0.25, -0.2) is 8.78 Å². The Kier molecular flexibility index (Phi) is 6.94. The molecule has 0 heterocycles. The molecule has 4 nitrogen and oxygen atoms in total. The zero-order chi connectivity index (χ0) is 18.2. The number of carbonyl (C=O) groups is 2. The summed E-state index contributed by atoms with van der Waals surface area (Å²) in [4.78, 5) is 26.3. The van der Waals surface area contributed by atoms with E-state index in [1.54, 1.807) is 19.1 Å². The maximum atomic E-state index is 13.1. The van der Waals surface area contributed by atoms with E-state index >= 15 is 0 Å². The summed E-state index contributed by atoms with van der Waals surface area (Å²) in [6.07, 6.45) is 0. The SMILES string of the molecule is CCOC(=O)CN(C(=O)CSc1ccc(F)cc1)c1ccc(F)cc1. The molecule has 0 saturated carbocycles. The first-order valence-electron chi connectivity index (χ1n) is 7.59. The van der Waals surface area contributed by atoms with Crippen LogP contribution in [0, 0.1) is 11.6 Å². The lowest BCUT2D eigenvalue weighted by molar-refractivity contribution is -0.142. The standard InChI is InChI=1S/C18H17F2NO3S/c1-2-24-18(23)11-21(15-7-3-13(19)4-8-15)17(22)12-25-16-9-5-14(20)6-10-16/h3-10H,2,11-12H2,1H3. The molecule has 0 fully saturated rings. The van der Waals surface area contributed by atoms with E-state index in [0.717, 1.165) is 4.90 Å². The second kappa shape index (κ2) is 9.17. The van der Waals surface area contributed by atoms with Crippen molar-refractivity contribution in [1.82, 2.24) is 0 Å². The molecule has 0 N–H and O–H groups in total. The van der Waals surface area contributed by atoms with Crippen LogP contribution in [0.3, 0.4) is 0 Å². The predicted molar refractivity (Wildman–Crippen MR) is 92.5 cm³/mol. The van der Waals surface area contributed by atoms with Gasteiger partial charge in [0.05, 0.1) is 12.4 Å². The molecule has 0 aliphatic carbocycles. The van der Waals surface area contributed by atoms with Crippen molar-refractivity contribution in [2.45, 2.75) is 11.8 Å². The van der Waals surface area contributed by atoms with Gasteiger partial charge in [0.25, 0.3) is 0 Å². The first-order valence-corrected chi connectivity index (χ1v) is 8.58. The van der Waals surface area contributed by atoms with E-state index in [-0.39, 0.29) is 30.6 Å². The van der Waals surface area contributed by atoms with Gasteiger partial charge >= 0.3 is 5.97 Å². The Morgan fingerprint density at radius 3 is 2.12 bits per heavy atom. The number of nitrogens with zero attached hydrogens (tertiary/aromatic N) is 1. The number of hydrogen-bond acceptors (Lipinski definition) is 4. The van der Waals surface area contributed by atoms with E-state index in [0.29, 0.717) is 5.69 Å². The van der Waals surface area contributed by atoms with Gasteiger partial charge in [0.15, 0.2) is 0 Å². The van der Waals surface area contributed by atoms with Crippen molar-refractivity contribution in [2.75, 3.05) is 23.8 Å². The molecule has 1 amide bonds. The molecule has 25 heavy (non-hydrogen) atoms. The molecule has 7 heteroatoms. The first kappa shape index (κ1) is 18.9. The lowest BCUT2D eigenvalue weighted by Crippen LogP contribution is -2.37. The van der Waals surface area contributed by atoms with E-state index in [2.05, 4.69) is 0 Å². The van der Waals surface area contributed by atoms with Crippen molar-refractivity contribution in [1.29, 1.82) is 0 Å². The number of esters is 1. The number of benzene rings is 2. The molecule has 2 aromatic rings. The van der Waals surface area contributed by atoms with Crippen LogP contribution in [0.2, 0.25) is 0 Å². The topological polar surface area (TPSA) is 46.6 Å². The Labute approximate surface area is 148 Å². The third-order valence-corrected chi connectivity index (χ3v) is 4.20. The number of amides is 1. The van der Waals surface area contributed by atoms with Crippen LogP contribution < -0.4 is 4.90 Å². The van der Waals surface area contributed by atoms with Gasteiger partial charge < -0.3 is 9.64 Å². The second-order valence-electron chi connectivity index (χ2n) is 5.00. The van der Waals surface area contributed by atoms with Crippen LogP contribution in [0.15, 0.2) is 53.4 Å². The summed E-state index contributed by atoms with van der Waals surface area (Å²) < 4.78 is 30.9. The summed E-state index contributed by atoms with van der Waals surface area (Å²) in [5.41, 5.74) is 0.402. The Balaban J connectivity index is 2.09. The van der Waals surface area contributed by atoms with Crippen LogP contribution in [0.25, 0.3) is 0 Å². The van der Waals surface area contributed by atoms with Crippen LogP contribution in [0.5, 0.6) is 0 Å². The lowest BCUT2D eigenvalue weighted by Gasteiger charge is -2.21. The molecule has 2 aromatic carbocycles. The Hall–Kier alpha value is -2.41. The Morgan fingerprint density at radius 2 is 1.56 bits per heavy atom. The van der Waals surface area contributed by atoms with Crippen molar-refractivity contribution in [3.63, 3.8) is 0 Å². The minimum atomic E-state index is -0.549. The van der Waals surface area contributed by atoms with Gasteiger partial charge in [0.2, 0.25) is 5.91 Å². The fraction of sp³-hybridized carbons (Fsp3) is 0.222. The number of anilines is 1. The van der Waals surface area contributed by atoms with Gasteiger partial charge in [-0.15, -0.1) is 11.8 Å². The third-order valence-electron chi connectivity index (χ3n) is 3.21. The number of rotatable bonds is 7. The van der Waals surface area contributed by atoms with Gasteiger partial charge in [-0.3, -0.25) is 9.59 Å². The minimum absolute atomic E-state index is 0.0441. The highest BCUT2D eigenvalue weighted by Crippen LogP contribution is 2.21. The highest BCUT2D eigenvalue weighted by atomic mass is 32.2. The highest BCUT2D eigenvalue weighted by molar-refractivity contribution is 8.00. The molecule has 0 aliphatic rings. The summed E-state index contributed by atoms with van der Waals surface area (Å²) in [7, 11) is 0. The van der Waals surface area contributed by atoms with E-state index in [1.165, 1.54) is 53.1 Å². The average Bonchev–Trinajstić information content (AvgIpc) is 2.60. The monoisotopic (exact) mass is 365 g/mol. The van der Waals surface area contributed by atoms with Crippen molar-refractivity contribution >= 4 is 29.3 Å². The largest absolute Gasteiger partial charge is 0.465 e. The highest BCUT2D eigenvalue weighted by Gasteiger charge is 2.20. The molecule has 132 valence electrons. The normalized spacial score (nSPS) is 10.4. The molecule has 0 unspecified atom stereocenters. The smallest absolute Gasteiger partial charge is 0.326 e. The van der Waals surface area contributed by atoms with Crippen LogP contribution in [-0.4, -0.2) is 30.8 Å². The molecular weight excluding hydrogens is 348 g/mol. The van der Waals surface area contributed by atoms with Crippen LogP contribution in [0.4, 0.5) is 14.5 Å². The van der Waals surface area contributed by atoms with Crippen molar-refractivity contribution in [3.8, 4) is 0 Å². The maximum absolute atomic E-state index is 13.1. The number of carbonyl (C=O) groups excluding carboxylic acids is 2. The van der Waals surface area contributed by atoms with E-state index in [1.807, 2.05) is 0 Å². The number of hydrogen-bond donors (Lipinski definition) is 0. The molecule has 0 aliphatic heterocycles. The van der Waals surface area contributed by atoms with E-state index in [4.69, 9.17) is 4.74 Å². The molecule has 0 bridgehead atoms. The number of thioether (sulfide) groups is 1. The summed E-state index contributed by atoms with van der Waals surface area (Å²) in [5, 5.41) is 0. The van der Waals surface area contributed by atoms with Gasteiger partial charge in [0.1, 0.15) is 18.2 Å². The Bertz CT molecular complexity index is 720. The lowest BCUT2D eigenvalue weighted by atomic mass is 10.2. The maximum Gasteiger partial charge on any atom is 0.326 e. The fourth-order valence-electron chi connectivity index (χ4n) is 2.03. The zero-order valence-electron chi connectivity index (χ0n) is 13.6. The number of halogens is 2. The first-order chi connectivity index (χ1) is 12.0. The number of ether oxygens (including phenoxy) is 1. The van der Waals surface area contributed by atoms with Gasteiger partial charge in [-0.2, -0.15) is 0 Å². The van der Waals surface area contributed by atoms with Gasteiger partial charge in [0, 0.05) is 10.6 Å². The molecule has 0 radical (unpaired) electrons. The third kappa shape index (κ3) is 5.86. The average molecular weight is 365 g/mol. The summed E-state index contributed by atoms with van der Waals surface area (Å²) in [5.74, 6) is -1.64. The fourth-order valence-corrected chi connectivity index (χ4v) is 2.81. The van der Waals surface area contributed by atoms with Crippen molar-refractivity contribution in [3.05, 3.63) is 60.2 Å². The van der Waals surface area contributed by atoms with Crippen LogP contribution in [0.1, 0.15) is 6.92 Å². The summed E-state index contributed by atoms with van der Waals surface area (Å²) in [6.45, 7) is 1.61. The molecular formula is C18H17F2NO3S. The molecule has 0 atom stereocenters.